The highest BCUT2D eigenvalue weighted by Crippen LogP contribution is 2.26. The predicted molar refractivity (Wildman–Crippen MR) is 84.0 cm³/mol. The number of benzene rings is 1. The Morgan fingerprint density at radius 2 is 2.10 bits per heavy atom. The molecular formula is C17H19N3O. The molecule has 2 heterocycles. The summed E-state index contributed by atoms with van der Waals surface area (Å²) in [5, 5.41) is 15.2. The van der Waals surface area contributed by atoms with Crippen LogP contribution in [0.3, 0.4) is 0 Å². The number of aliphatic hydroxyl groups excluding tert-OH is 1. The molecule has 1 atom stereocenters. The van der Waals surface area contributed by atoms with Crippen LogP contribution in [0.2, 0.25) is 0 Å². The molecule has 0 fully saturated rings. The Balaban J connectivity index is 2.16. The first-order valence-electron chi connectivity index (χ1n) is 7.20. The van der Waals surface area contributed by atoms with E-state index in [2.05, 4.69) is 25.0 Å². The van der Waals surface area contributed by atoms with E-state index in [1.54, 1.807) is 6.92 Å². The van der Waals surface area contributed by atoms with E-state index in [1.807, 2.05) is 35.3 Å². The van der Waals surface area contributed by atoms with Crippen LogP contribution in [0.4, 0.5) is 0 Å². The third-order valence-corrected chi connectivity index (χ3v) is 3.78. The summed E-state index contributed by atoms with van der Waals surface area (Å²) >= 11 is 0. The van der Waals surface area contributed by atoms with Gasteiger partial charge < -0.3 is 5.11 Å². The molecule has 0 aliphatic rings. The number of nitrogens with zero attached hydrogens (tertiary/aromatic N) is 3. The number of rotatable bonds is 3. The maximum absolute atomic E-state index is 9.73. The summed E-state index contributed by atoms with van der Waals surface area (Å²) in [4.78, 5) is 4.73. The fraction of sp³-hybridized carbons (Fsp3) is 0.294. The zero-order valence-electron chi connectivity index (χ0n) is 12.5. The highest BCUT2D eigenvalue weighted by Gasteiger charge is 2.09. The first kappa shape index (κ1) is 13.8. The average Bonchev–Trinajstić information content (AvgIpc) is 2.95. The quantitative estimate of drug-likeness (QED) is 0.799. The third kappa shape index (κ3) is 2.54. The Morgan fingerprint density at radius 1 is 1.29 bits per heavy atom. The van der Waals surface area contributed by atoms with Crippen LogP contribution in [0.15, 0.2) is 36.7 Å². The zero-order valence-corrected chi connectivity index (χ0v) is 12.5. The number of fused-ring (bicyclic) bond motifs is 1. The standard InChI is InChI=1S/C17H19N3O/c1-4-20-10-14(9-18-20)16-7-11(2)15-6-5-13(12(3)21)8-17(15)19-16/h5-10,12,21H,4H2,1-3H3. The van der Waals surface area contributed by atoms with Crippen LogP contribution < -0.4 is 0 Å². The molecule has 21 heavy (non-hydrogen) atoms. The van der Waals surface area contributed by atoms with Gasteiger partial charge in [-0.2, -0.15) is 5.10 Å². The van der Waals surface area contributed by atoms with Crippen molar-refractivity contribution in [1.29, 1.82) is 0 Å². The van der Waals surface area contributed by atoms with Crippen molar-refractivity contribution >= 4 is 10.9 Å². The molecule has 0 radical (unpaired) electrons. The van der Waals surface area contributed by atoms with Gasteiger partial charge in [-0.3, -0.25) is 4.68 Å². The number of pyridine rings is 1. The lowest BCUT2D eigenvalue weighted by Gasteiger charge is -2.09. The summed E-state index contributed by atoms with van der Waals surface area (Å²) in [5.74, 6) is 0. The smallest absolute Gasteiger partial charge is 0.0762 e. The van der Waals surface area contributed by atoms with Crippen LogP contribution in [-0.2, 0) is 6.54 Å². The lowest BCUT2D eigenvalue weighted by molar-refractivity contribution is 0.199. The molecule has 4 heteroatoms. The first-order chi connectivity index (χ1) is 10.1. The fourth-order valence-corrected chi connectivity index (χ4v) is 2.50. The van der Waals surface area contributed by atoms with E-state index in [9.17, 15) is 5.11 Å². The molecule has 0 aliphatic heterocycles. The maximum atomic E-state index is 9.73. The number of aryl methyl sites for hydroxylation is 2. The lowest BCUT2D eigenvalue weighted by Crippen LogP contribution is -1.94. The zero-order chi connectivity index (χ0) is 15.0. The molecule has 0 amide bonds. The molecule has 2 aromatic heterocycles. The fourth-order valence-electron chi connectivity index (χ4n) is 2.50. The van der Waals surface area contributed by atoms with E-state index in [1.165, 1.54) is 5.56 Å². The van der Waals surface area contributed by atoms with Crippen molar-refractivity contribution in [2.75, 3.05) is 0 Å². The minimum Gasteiger partial charge on any atom is -0.389 e. The number of hydrogen-bond acceptors (Lipinski definition) is 3. The Hall–Kier alpha value is -2.20. The van der Waals surface area contributed by atoms with Crippen LogP contribution in [0.25, 0.3) is 22.2 Å². The van der Waals surface area contributed by atoms with Gasteiger partial charge in [0.15, 0.2) is 0 Å². The second kappa shape index (κ2) is 5.30. The first-order valence-corrected chi connectivity index (χ1v) is 7.20. The van der Waals surface area contributed by atoms with Gasteiger partial charge in [0.2, 0.25) is 0 Å². The molecule has 1 aromatic carbocycles. The molecule has 1 N–H and O–H groups in total. The number of hydrogen-bond donors (Lipinski definition) is 1. The minimum atomic E-state index is -0.483. The van der Waals surface area contributed by atoms with Crippen LogP contribution in [0.1, 0.15) is 31.1 Å². The van der Waals surface area contributed by atoms with Crippen molar-refractivity contribution in [2.24, 2.45) is 0 Å². The molecule has 0 saturated carbocycles. The Labute approximate surface area is 124 Å². The van der Waals surface area contributed by atoms with Crippen molar-refractivity contribution in [3.8, 4) is 11.3 Å². The van der Waals surface area contributed by atoms with Crippen LogP contribution >= 0.6 is 0 Å². The summed E-state index contributed by atoms with van der Waals surface area (Å²) in [6.45, 7) is 6.76. The summed E-state index contributed by atoms with van der Waals surface area (Å²) in [6, 6.07) is 8.03. The van der Waals surface area contributed by atoms with E-state index in [0.29, 0.717) is 0 Å². The second-order valence-electron chi connectivity index (χ2n) is 5.36. The van der Waals surface area contributed by atoms with Crippen LogP contribution in [0, 0.1) is 6.92 Å². The van der Waals surface area contributed by atoms with Gasteiger partial charge in [-0.25, -0.2) is 4.98 Å². The van der Waals surface area contributed by atoms with Gasteiger partial charge in [0, 0.05) is 23.7 Å². The molecule has 0 bridgehead atoms. The largest absolute Gasteiger partial charge is 0.389 e. The minimum absolute atomic E-state index is 0.483. The monoisotopic (exact) mass is 281 g/mol. The molecule has 1 unspecified atom stereocenters. The van der Waals surface area contributed by atoms with Gasteiger partial charge in [-0.05, 0) is 44.0 Å². The van der Waals surface area contributed by atoms with Crippen molar-refractivity contribution in [3.05, 3.63) is 47.8 Å². The highest BCUT2D eigenvalue weighted by atomic mass is 16.3. The Bertz CT molecular complexity index is 790. The van der Waals surface area contributed by atoms with Gasteiger partial charge in [-0.1, -0.05) is 12.1 Å². The SMILES string of the molecule is CCn1cc(-c2cc(C)c3ccc(C(C)O)cc3n2)cn1. The summed E-state index contributed by atoms with van der Waals surface area (Å²) in [7, 11) is 0. The van der Waals surface area contributed by atoms with Gasteiger partial charge in [0.05, 0.1) is 23.5 Å². The van der Waals surface area contributed by atoms with E-state index in [4.69, 9.17) is 4.98 Å². The normalized spacial score (nSPS) is 12.8. The lowest BCUT2D eigenvalue weighted by atomic mass is 10.0. The van der Waals surface area contributed by atoms with E-state index >= 15 is 0 Å². The van der Waals surface area contributed by atoms with Crippen LogP contribution in [-0.4, -0.2) is 19.9 Å². The molecule has 3 rings (SSSR count). The van der Waals surface area contributed by atoms with Gasteiger partial charge in [0.1, 0.15) is 0 Å². The van der Waals surface area contributed by atoms with Crippen molar-refractivity contribution in [3.63, 3.8) is 0 Å². The summed E-state index contributed by atoms with van der Waals surface area (Å²) < 4.78 is 1.89. The molecule has 0 saturated heterocycles. The second-order valence-corrected chi connectivity index (χ2v) is 5.36. The van der Waals surface area contributed by atoms with Crippen molar-refractivity contribution in [1.82, 2.24) is 14.8 Å². The van der Waals surface area contributed by atoms with Gasteiger partial charge in [0.25, 0.3) is 0 Å². The molecule has 0 spiro atoms. The topological polar surface area (TPSA) is 50.9 Å². The Kier molecular flexibility index (Phi) is 3.47. The number of aromatic nitrogens is 3. The van der Waals surface area contributed by atoms with Gasteiger partial charge in [-0.15, -0.1) is 0 Å². The van der Waals surface area contributed by atoms with Crippen LogP contribution in [0.5, 0.6) is 0 Å². The molecular weight excluding hydrogens is 262 g/mol. The molecule has 3 aromatic rings. The van der Waals surface area contributed by atoms with E-state index < -0.39 is 6.10 Å². The maximum Gasteiger partial charge on any atom is 0.0762 e. The summed E-state index contributed by atoms with van der Waals surface area (Å²) in [6.07, 6.45) is 3.37. The Morgan fingerprint density at radius 3 is 2.76 bits per heavy atom. The third-order valence-electron chi connectivity index (χ3n) is 3.78. The average molecular weight is 281 g/mol. The van der Waals surface area contributed by atoms with Crippen molar-refractivity contribution in [2.45, 2.75) is 33.4 Å². The van der Waals surface area contributed by atoms with E-state index in [0.717, 1.165) is 34.3 Å². The summed E-state index contributed by atoms with van der Waals surface area (Å²) in [5.41, 5.74) is 4.91. The molecule has 0 aliphatic carbocycles. The highest BCUT2D eigenvalue weighted by molar-refractivity contribution is 5.85. The number of aliphatic hydroxyl groups is 1. The molecule has 4 nitrogen and oxygen atoms in total. The molecule has 108 valence electrons. The van der Waals surface area contributed by atoms with E-state index in [-0.39, 0.29) is 0 Å². The van der Waals surface area contributed by atoms with Gasteiger partial charge >= 0.3 is 0 Å². The van der Waals surface area contributed by atoms with Crippen molar-refractivity contribution < 1.29 is 5.11 Å². The predicted octanol–water partition coefficient (Wildman–Crippen LogP) is 3.48.